The standard InChI is InChI=1S/C18H22N4O2S/c1-13-19-18(21-20-13)25-16(17(23)22-10-4-3-5-11-22)12-14-6-8-15(24-2)9-7-14/h6-9,12H,3-5,10-11H2,1-2H3,(H,19,20,21)/b16-12+. The molecule has 132 valence electrons. The van der Waals surface area contributed by atoms with Crippen molar-refractivity contribution in [2.75, 3.05) is 20.2 Å². The molecule has 0 aliphatic carbocycles. The molecule has 1 aliphatic heterocycles. The molecular weight excluding hydrogens is 336 g/mol. The summed E-state index contributed by atoms with van der Waals surface area (Å²) in [5.74, 6) is 1.57. The van der Waals surface area contributed by atoms with E-state index in [0.29, 0.717) is 10.1 Å². The minimum atomic E-state index is 0.0444. The molecule has 0 bridgehead atoms. The van der Waals surface area contributed by atoms with Crippen LogP contribution in [0.15, 0.2) is 34.3 Å². The van der Waals surface area contributed by atoms with Gasteiger partial charge < -0.3 is 9.64 Å². The number of benzene rings is 1. The molecule has 0 unspecified atom stereocenters. The predicted molar refractivity (Wildman–Crippen MR) is 98.4 cm³/mol. The van der Waals surface area contributed by atoms with E-state index in [1.54, 1.807) is 7.11 Å². The molecule has 0 spiro atoms. The Morgan fingerprint density at radius 2 is 1.96 bits per heavy atom. The number of carbonyl (C=O) groups is 1. The van der Waals surface area contributed by atoms with Gasteiger partial charge in [0.05, 0.1) is 12.0 Å². The summed E-state index contributed by atoms with van der Waals surface area (Å²) in [6.07, 6.45) is 5.21. The first-order chi connectivity index (χ1) is 12.2. The van der Waals surface area contributed by atoms with Gasteiger partial charge in [0.1, 0.15) is 11.6 Å². The lowest BCUT2D eigenvalue weighted by Gasteiger charge is -2.27. The Balaban J connectivity index is 1.86. The number of H-pyrrole nitrogens is 1. The molecule has 1 amide bonds. The highest BCUT2D eigenvalue weighted by molar-refractivity contribution is 8.04. The minimum Gasteiger partial charge on any atom is -0.497 e. The van der Waals surface area contributed by atoms with Gasteiger partial charge in [-0.25, -0.2) is 4.98 Å². The summed E-state index contributed by atoms with van der Waals surface area (Å²) in [6.45, 7) is 3.47. The van der Waals surface area contributed by atoms with Crippen LogP contribution in [-0.2, 0) is 4.79 Å². The van der Waals surface area contributed by atoms with Gasteiger partial charge in [-0.2, -0.15) is 0 Å². The Morgan fingerprint density at radius 1 is 1.24 bits per heavy atom. The van der Waals surface area contributed by atoms with E-state index in [1.165, 1.54) is 18.2 Å². The molecule has 2 heterocycles. The van der Waals surface area contributed by atoms with E-state index >= 15 is 0 Å². The van der Waals surface area contributed by atoms with Gasteiger partial charge in [0.2, 0.25) is 5.16 Å². The van der Waals surface area contributed by atoms with Gasteiger partial charge >= 0.3 is 0 Å². The summed E-state index contributed by atoms with van der Waals surface area (Å²) in [4.78, 5) is 19.8. The lowest BCUT2D eigenvalue weighted by molar-refractivity contribution is -0.127. The van der Waals surface area contributed by atoms with Crippen molar-refractivity contribution in [2.45, 2.75) is 31.3 Å². The van der Waals surface area contributed by atoms with Gasteiger partial charge in [-0.1, -0.05) is 12.1 Å². The Kier molecular flexibility index (Phi) is 5.75. The van der Waals surface area contributed by atoms with Crippen molar-refractivity contribution in [1.82, 2.24) is 20.1 Å². The van der Waals surface area contributed by atoms with Crippen LogP contribution in [-0.4, -0.2) is 46.2 Å². The molecule has 0 saturated carbocycles. The van der Waals surface area contributed by atoms with Crippen LogP contribution < -0.4 is 4.74 Å². The fourth-order valence-electron chi connectivity index (χ4n) is 2.71. The van der Waals surface area contributed by atoms with Crippen LogP contribution in [0.4, 0.5) is 0 Å². The molecule has 25 heavy (non-hydrogen) atoms. The number of nitrogens with zero attached hydrogens (tertiary/aromatic N) is 3. The van der Waals surface area contributed by atoms with Gasteiger partial charge in [-0.15, -0.1) is 5.10 Å². The number of hydrogen-bond donors (Lipinski definition) is 1. The van der Waals surface area contributed by atoms with Crippen LogP contribution in [0.5, 0.6) is 5.75 Å². The monoisotopic (exact) mass is 358 g/mol. The number of ether oxygens (including phenoxy) is 1. The zero-order chi connectivity index (χ0) is 17.6. The molecule has 6 nitrogen and oxygen atoms in total. The number of aromatic amines is 1. The van der Waals surface area contributed by atoms with Gasteiger partial charge in [0.25, 0.3) is 5.91 Å². The first kappa shape index (κ1) is 17.5. The quantitative estimate of drug-likeness (QED) is 0.656. The smallest absolute Gasteiger partial charge is 0.260 e. The first-order valence-corrected chi connectivity index (χ1v) is 9.19. The van der Waals surface area contributed by atoms with Gasteiger partial charge in [-0.3, -0.25) is 9.89 Å². The molecule has 1 fully saturated rings. The minimum absolute atomic E-state index is 0.0444. The van der Waals surface area contributed by atoms with Gasteiger partial charge in [0, 0.05) is 13.1 Å². The Morgan fingerprint density at radius 3 is 2.56 bits per heavy atom. The number of carbonyl (C=O) groups excluding carboxylic acids is 1. The molecule has 7 heteroatoms. The summed E-state index contributed by atoms with van der Waals surface area (Å²) in [7, 11) is 1.64. The number of nitrogens with one attached hydrogen (secondary N) is 1. The fourth-order valence-corrected chi connectivity index (χ4v) is 3.59. The Hall–Kier alpha value is -2.28. The summed E-state index contributed by atoms with van der Waals surface area (Å²) in [5.41, 5.74) is 0.945. The van der Waals surface area contributed by atoms with Crippen LogP contribution in [0.3, 0.4) is 0 Å². The van der Waals surface area contributed by atoms with E-state index in [9.17, 15) is 4.79 Å². The maximum atomic E-state index is 13.0. The van der Waals surface area contributed by atoms with Crippen LogP contribution in [0.25, 0.3) is 6.08 Å². The maximum Gasteiger partial charge on any atom is 0.260 e. The van der Waals surface area contributed by atoms with Crippen LogP contribution in [0, 0.1) is 6.92 Å². The zero-order valence-corrected chi connectivity index (χ0v) is 15.3. The molecule has 3 rings (SSSR count). The normalized spacial score (nSPS) is 15.3. The lowest BCUT2D eigenvalue weighted by Crippen LogP contribution is -2.36. The molecule has 0 atom stereocenters. The van der Waals surface area contributed by atoms with Crippen LogP contribution in [0.1, 0.15) is 30.7 Å². The second kappa shape index (κ2) is 8.20. The highest BCUT2D eigenvalue weighted by Gasteiger charge is 2.22. The van der Waals surface area contributed by atoms with Crippen molar-refractivity contribution in [2.24, 2.45) is 0 Å². The second-order valence-electron chi connectivity index (χ2n) is 5.94. The number of amides is 1. The van der Waals surface area contributed by atoms with E-state index < -0.39 is 0 Å². The number of methoxy groups -OCH3 is 1. The third kappa shape index (κ3) is 4.63. The third-order valence-corrected chi connectivity index (χ3v) is 4.92. The summed E-state index contributed by atoms with van der Waals surface area (Å²) in [5, 5.41) is 7.53. The first-order valence-electron chi connectivity index (χ1n) is 8.37. The van der Waals surface area contributed by atoms with E-state index in [0.717, 1.165) is 43.1 Å². The van der Waals surface area contributed by atoms with Crippen molar-refractivity contribution in [3.8, 4) is 5.75 Å². The van der Waals surface area contributed by atoms with Gasteiger partial charge in [-0.05, 0) is 61.7 Å². The number of likely N-dealkylation sites (tertiary alicyclic amines) is 1. The predicted octanol–water partition coefficient (Wildman–Crippen LogP) is 3.27. The largest absolute Gasteiger partial charge is 0.497 e. The van der Waals surface area contributed by atoms with Crippen LogP contribution >= 0.6 is 11.8 Å². The average Bonchev–Trinajstić information content (AvgIpc) is 3.07. The number of aromatic nitrogens is 3. The molecule has 1 aromatic heterocycles. The molecule has 2 aromatic rings. The molecular formula is C18H22N4O2S. The second-order valence-corrected chi connectivity index (χ2v) is 6.95. The SMILES string of the molecule is COc1ccc(/C=C(/Sc2n[nH]c(C)n2)C(=O)N2CCCCC2)cc1. The number of hydrogen-bond acceptors (Lipinski definition) is 5. The summed E-state index contributed by atoms with van der Waals surface area (Å²) < 4.78 is 5.19. The topological polar surface area (TPSA) is 71.1 Å². The fraction of sp³-hybridized carbons (Fsp3) is 0.389. The highest BCUT2D eigenvalue weighted by Crippen LogP contribution is 2.28. The van der Waals surface area contributed by atoms with Crippen molar-refractivity contribution in [1.29, 1.82) is 0 Å². The van der Waals surface area contributed by atoms with Crippen LogP contribution in [0.2, 0.25) is 0 Å². The highest BCUT2D eigenvalue weighted by atomic mass is 32.2. The molecule has 1 aromatic carbocycles. The number of rotatable bonds is 5. The van der Waals surface area contributed by atoms with Crippen molar-refractivity contribution < 1.29 is 9.53 Å². The maximum absolute atomic E-state index is 13.0. The van der Waals surface area contributed by atoms with E-state index in [4.69, 9.17) is 4.74 Å². The Bertz CT molecular complexity index is 749. The summed E-state index contributed by atoms with van der Waals surface area (Å²) >= 11 is 1.30. The van der Waals surface area contributed by atoms with Crippen molar-refractivity contribution >= 4 is 23.7 Å². The van der Waals surface area contributed by atoms with Gasteiger partial charge in [0.15, 0.2) is 0 Å². The Labute approximate surface area is 151 Å². The zero-order valence-electron chi connectivity index (χ0n) is 14.5. The molecule has 0 radical (unpaired) electrons. The van der Waals surface area contributed by atoms with Crippen molar-refractivity contribution in [3.05, 3.63) is 40.6 Å². The number of aryl methyl sites for hydroxylation is 1. The molecule has 1 aliphatic rings. The average molecular weight is 358 g/mol. The number of thioether (sulfide) groups is 1. The lowest BCUT2D eigenvalue weighted by atomic mass is 10.1. The van der Waals surface area contributed by atoms with E-state index in [-0.39, 0.29) is 5.91 Å². The van der Waals surface area contributed by atoms with E-state index in [1.807, 2.05) is 42.2 Å². The molecule has 1 N–H and O–H groups in total. The third-order valence-electron chi connectivity index (χ3n) is 4.05. The van der Waals surface area contributed by atoms with Crippen molar-refractivity contribution in [3.63, 3.8) is 0 Å². The number of piperidine rings is 1. The summed E-state index contributed by atoms with van der Waals surface area (Å²) in [6, 6.07) is 7.64. The van der Waals surface area contributed by atoms with E-state index in [2.05, 4.69) is 15.2 Å². The molecule has 1 saturated heterocycles.